The van der Waals surface area contributed by atoms with Gasteiger partial charge in [-0.2, -0.15) is 0 Å². The molecule has 4 nitrogen and oxygen atoms in total. The fourth-order valence-electron chi connectivity index (χ4n) is 3.46. The third-order valence-electron chi connectivity index (χ3n) is 4.59. The third-order valence-corrected chi connectivity index (χ3v) is 4.59. The number of nitrogens with zero attached hydrogens (tertiary/aromatic N) is 1. The van der Waals surface area contributed by atoms with Gasteiger partial charge in [0.25, 0.3) is 0 Å². The lowest BCUT2D eigenvalue weighted by Crippen LogP contribution is -2.37. The van der Waals surface area contributed by atoms with Crippen LogP contribution in [-0.4, -0.2) is 4.98 Å². The van der Waals surface area contributed by atoms with Crippen LogP contribution in [0, 0.1) is 12.8 Å². The summed E-state index contributed by atoms with van der Waals surface area (Å²) < 4.78 is 0. The van der Waals surface area contributed by atoms with Crippen molar-refractivity contribution >= 4 is 5.82 Å². The maximum atomic E-state index is 6.09. The van der Waals surface area contributed by atoms with Gasteiger partial charge in [0.2, 0.25) is 0 Å². The van der Waals surface area contributed by atoms with E-state index in [9.17, 15) is 0 Å². The molecule has 0 aliphatic heterocycles. The molecule has 2 atom stereocenters. The number of fused-ring (bicyclic) bond motifs is 1. The Hall–Kier alpha value is -1.91. The Morgan fingerprint density at radius 1 is 1.24 bits per heavy atom. The topological polar surface area (TPSA) is 77.0 Å². The molecule has 3 rings (SSSR count). The number of nitrogen functional groups attached to an aromatic ring is 1. The number of hydrazine groups is 1. The number of nitrogens with two attached hydrogens (primary N) is 2. The average molecular weight is 282 g/mol. The number of hydrogen-bond donors (Lipinski definition) is 3. The molecule has 0 bridgehead atoms. The normalized spacial score (nSPS) is 19.0. The number of benzene rings is 1. The Balaban J connectivity index is 1.92. The van der Waals surface area contributed by atoms with E-state index in [1.165, 1.54) is 11.1 Å². The van der Waals surface area contributed by atoms with Gasteiger partial charge in [-0.25, -0.2) is 4.98 Å². The van der Waals surface area contributed by atoms with Crippen LogP contribution in [0.25, 0.3) is 0 Å². The minimum Gasteiger partial charge on any atom is -0.383 e. The summed E-state index contributed by atoms with van der Waals surface area (Å²) in [5, 5.41) is 0. The van der Waals surface area contributed by atoms with Gasteiger partial charge in [-0.15, -0.1) is 0 Å². The van der Waals surface area contributed by atoms with Crippen LogP contribution in [0.15, 0.2) is 36.5 Å². The van der Waals surface area contributed by atoms with E-state index in [1.807, 2.05) is 6.07 Å². The molecule has 1 aromatic heterocycles. The Kier molecular flexibility index (Phi) is 3.90. The SMILES string of the molecule is Cc1ccnc(N)c1C(NN)C1CCc2ccccc2C1. The molecule has 21 heavy (non-hydrogen) atoms. The maximum absolute atomic E-state index is 6.09. The van der Waals surface area contributed by atoms with Gasteiger partial charge in [-0.05, 0) is 54.9 Å². The van der Waals surface area contributed by atoms with Crippen molar-refractivity contribution in [2.75, 3.05) is 5.73 Å². The van der Waals surface area contributed by atoms with Gasteiger partial charge in [0.05, 0.1) is 6.04 Å². The first-order valence-electron chi connectivity index (χ1n) is 7.44. The highest BCUT2D eigenvalue weighted by Crippen LogP contribution is 2.36. The predicted octanol–water partition coefficient (Wildman–Crippen LogP) is 2.28. The molecule has 0 saturated heterocycles. The largest absolute Gasteiger partial charge is 0.383 e. The second-order valence-corrected chi connectivity index (χ2v) is 5.84. The molecule has 0 amide bonds. The lowest BCUT2D eigenvalue weighted by atomic mass is 9.77. The van der Waals surface area contributed by atoms with E-state index in [4.69, 9.17) is 11.6 Å². The Morgan fingerprint density at radius 3 is 2.71 bits per heavy atom. The van der Waals surface area contributed by atoms with Crippen molar-refractivity contribution in [3.8, 4) is 0 Å². The number of aromatic nitrogens is 1. The molecule has 5 N–H and O–H groups in total. The van der Waals surface area contributed by atoms with Crippen LogP contribution < -0.4 is 17.0 Å². The summed E-state index contributed by atoms with van der Waals surface area (Å²) in [5.41, 5.74) is 14.1. The lowest BCUT2D eigenvalue weighted by Gasteiger charge is -2.32. The first-order valence-corrected chi connectivity index (χ1v) is 7.44. The van der Waals surface area contributed by atoms with Crippen molar-refractivity contribution in [3.05, 3.63) is 58.8 Å². The molecule has 1 aliphatic carbocycles. The smallest absolute Gasteiger partial charge is 0.128 e. The van der Waals surface area contributed by atoms with Crippen molar-refractivity contribution in [3.63, 3.8) is 0 Å². The molecule has 1 aliphatic rings. The molecule has 0 spiro atoms. The number of hydrogen-bond acceptors (Lipinski definition) is 4. The van der Waals surface area contributed by atoms with E-state index in [1.54, 1.807) is 6.20 Å². The van der Waals surface area contributed by atoms with Crippen LogP contribution in [0.1, 0.15) is 34.7 Å². The number of nitrogens with one attached hydrogen (secondary N) is 1. The van der Waals surface area contributed by atoms with Gasteiger partial charge in [0.1, 0.15) is 5.82 Å². The summed E-state index contributed by atoms with van der Waals surface area (Å²) in [6.45, 7) is 2.06. The number of aryl methyl sites for hydroxylation is 2. The minimum absolute atomic E-state index is 0.0482. The summed E-state index contributed by atoms with van der Waals surface area (Å²) in [4.78, 5) is 4.23. The van der Waals surface area contributed by atoms with Crippen LogP contribution in [0.5, 0.6) is 0 Å². The fourth-order valence-corrected chi connectivity index (χ4v) is 3.46. The molecule has 0 saturated carbocycles. The van der Waals surface area contributed by atoms with Crippen LogP contribution in [-0.2, 0) is 12.8 Å². The van der Waals surface area contributed by atoms with Crippen molar-refractivity contribution in [2.45, 2.75) is 32.2 Å². The molecule has 0 radical (unpaired) electrons. The summed E-state index contributed by atoms with van der Waals surface area (Å²) in [6.07, 6.45) is 4.98. The van der Waals surface area contributed by atoms with Gasteiger partial charge in [-0.1, -0.05) is 24.3 Å². The second-order valence-electron chi connectivity index (χ2n) is 5.84. The van der Waals surface area contributed by atoms with Crippen molar-refractivity contribution in [2.24, 2.45) is 11.8 Å². The quantitative estimate of drug-likeness (QED) is 0.596. The van der Waals surface area contributed by atoms with Crippen LogP contribution in [0.3, 0.4) is 0 Å². The lowest BCUT2D eigenvalue weighted by molar-refractivity contribution is 0.329. The number of rotatable bonds is 3. The predicted molar refractivity (Wildman–Crippen MR) is 85.4 cm³/mol. The molecule has 4 heteroatoms. The zero-order valence-electron chi connectivity index (χ0n) is 12.3. The fraction of sp³-hybridized carbons (Fsp3) is 0.353. The standard InChI is InChI=1S/C17H22N4/c1-11-8-9-20-17(18)15(11)16(21-19)14-7-6-12-4-2-3-5-13(12)10-14/h2-5,8-9,14,16,21H,6-7,10,19H2,1H3,(H2,18,20). The Morgan fingerprint density at radius 2 is 2.00 bits per heavy atom. The van der Waals surface area contributed by atoms with Crippen molar-refractivity contribution < 1.29 is 0 Å². The molecule has 110 valence electrons. The maximum Gasteiger partial charge on any atom is 0.128 e. The third kappa shape index (κ3) is 2.64. The Labute approximate surface area is 125 Å². The van der Waals surface area contributed by atoms with E-state index >= 15 is 0 Å². The number of anilines is 1. The van der Waals surface area contributed by atoms with Crippen molar-refractivity contribution in [1.82, 2.24) is 10.4 Å². The summed E-state index contributed by atoms with van der Waals surface area (Å²) in [7, 11) is 0. The van der Waals surface area contributed by atoms with E-state index < -0.39 is 0 Å². The number of pyridine rings is 1. The van der Waals surface area contributed by atoms with E-state index in [-0.39, 0.29) is 6.04 Å². The molecule has 1 heterocycles. The second kappa shape index (κ2) is 5.84. The van der Waals surface area contributed by atoms with Crippen molar-refractivity contribution in [1.29, 1.82) is 0 Å². The highest BCUT2D eigenvalue weighted by atomic mass is 15.2. The molecule has 2 aromatic rings. The van der Waals surface area contributed by atoms with Gasteiger partial charge in [0.15, 0.2) is 0 Å². The summed E-state index contributed by atoms with van der Waals surface area (Å²) in [5.74, 6) is 6.88. The van der Waals surface area contributed by atoms with E-state index in [2.05, 4.69) is 41.6 Å². The van der Waals surface area contributed by atoms with Crippen LogP contribution >= 0.6 is 0 Å². The highest BCUT2D eigenvalue weighted by molar-refractivity contribution is 5.46. The zero-order valence-corrected chi connectivity index (χ0v) is 12.3. The first kappa shape index (κ1) is 14.0. The zero-order chi connectivity index (χ0) is 14.8. The molecular weight excluding hydrogens is 260 g/mol. The molecule has 2 unspecified atom stereocenters. The monoisotopic (exact) mass is 282 g/mol. The highest BCUT2D eigenvalue weighted by Gasteiger charge is 2.29. The van der Waals surface area contributed by atoms with Gasteiger partial charge in [-0.3, -0.25) is 11.3 Å². The van der Waals surface area contributed by atoms with Crippen LogP contribution in [0.2, 0.25) is 0 Å². The molecule has 0 fully saturated rings. The average Bonchev–Trinajstić information content (AvgIpc) is 2.50. The van der Waals surface area contributed by atoms with Gasteiger partial charge < -0.3 is 5.73 Å². The summed E-state index contributed by atoms with van der Waals surface area (Å²) >= 11 is 0. The molecule has 1 aromatic carbocycles. The van der Waals surface area contributed by atoms with Crippen LogP contribution in [0.4, 0.5) is 5.82 Å². The Bertz CT molecular complexity index is 618. The van der Waals surface area contributed by atoms with Gasteiger partial charge in [0, 0.05) is 11.8 Å². The minimum atomic E-state index is 0.0482. The van der Waals surface area contributed by atoms with E-state index in [0.717, 1.165) is 30.4 Å². The summed E-state index contributed by atoms with van der Waals surface area (Å²) in [6, 6.07) is 10.7. The first-order chi connectivity index (χ1) is 10.2. The van der Waals surface area contributed by atoms with E-state index in [0.29, 0.717) is 11.7 Å². The van der Waals surface area contributed by atoms with Gasteiger partial charge >= 0.3 is 0 Å². The molecular formula is C17H22N4.